The molecule has 4 aliphatic rings. The van der Waals surface area contributed by atoms with Gasteiger partial charge in [0.15, 0.2) is 0 Å². The van der Waals surface area contributed by atoms with E-state index in [1.165, 1.54) is 77.0 Å². The molecule has 0 aliphatic heterocycles. The van der Waals surface area contributed by atoms with E-state index in [2.05, 4.69) is 46.0 Å². The van der Waals surface area contributed by atoms with E-state index < -0.39 is 0 Å². The number of aliphatic hydroxyl groups is 1. The first-order valence-electron chi connectivity index (χ1n) is 16.3. The summed E-state index contributed by atoms with van der Waals surface area (Å²) in [6, 6.07) is 0. The lowest BCUT2D eigenvalue weighted by Crippen LogP contribution is -2.50. The van der Waals surface area contributed by atoms with Gasteiger partial charge in [-0.1, -0.05) is 84.8 Å². The molecular weight excluding hydrogens is 454 g/mol. The molecule has 4 aliphatic carbocycles. The number of hydrogen-bond donors (Lipinski definition) is 2. The smallest absolute Gasteiger partial charge is 0.220 e. The first-order chi connectivity index (χ1) is 17.7. The number of unbranched alkanes of at least 4 members (excludes halogenated alkanes) is 3. The lowest BCUT2D eigenvalue weighted by atomic mass is 9.47. The van der Waals surface area contributed by atoms with Crippen molar-refractivity contribution < 1.29 is 9.90 Å². The average molecular weight is 514 g/mol. The van der Waals surface area contributed by atoms with Gasteiger partial charge >= 0.3 is 0 Å². The van der Waals surface area contributed by atoms with Gasteiger partial charge in [-0.25, -0.2) is 0 Å². The van der Waals surface area contributed by atoms with Crippen molar-refractivity contribution in [3.63, 3.8) is 0 Å². The molecule has 2 N–H and O–H groups in total. The van der Waals surface area contributed by atoms with Gasteiger partial charge in [0, 0.05) is 13.0 Å². The SMILES string of the molecule is CCCCCCNC(=O)CC(C)CCC[C@@H](C)[C@H]1CC[C@H]2[C@@H]3CC=C4C[C@@H](O)CC[C@]4(C)[C@H]3CC[C@]12C. The first kappa shape index (κ1) is 29.2. The van der Waals surface area contributed by atoms with Crippen LogP contribution in [0.4, 0.5) is 0 Å². The molecule has 1 unspecified atom stereocenters. The minimum absolute atomic E-state index is 0.103. The third-order valence-electron chi connectivity index (χ3n) is 12.1. The second kappa shape index (κ2) is 12.6. The fraction of sp³-hybridized carbons (Fsp3) is 0.912. The van der Waals surface area contributed by atoms with Gasteiger partial charge in [0.1, 0.15) is 0 Å². The highest BCUT2D eigenvalue weighted by Gasteiger charge is 2.59. The summed E-state index contributed by atoms with van der Waals surface area (Å²) in [6.07, 6.45) is 21.9. The highest BCUT2D eigenvalue weighted by molar-refractivity contribution is 5.76. The van der Waals surface area contributed by atoms with E-state index in [0.717, 1.165) is 55.4 Å². The van der Waals surface area contributed by atoms with Gasteiger partial charge in [0.2, 0.25) is 5.91 Å². The monoisotopic (exact) mass is 513 g/mol. The van der Waals surface area contributed by atoms with E-state index in [9.17, 15) is 9.90 Å². The minimum Gasteiger partial charge on any atom is -0.393 e. The summed E-state index contributed by atoms with van der Waals surface area (Å²) in [6.45, 7) is 13.1. The molecule has 0 spiro atoms. The Kier molecular flexibility index (Phi) is 9.90. The number of hydrogen-bond acceptors (Lipinski definition) is 2. The number of carbonyl (C=O) groups excluding carboxylic acids is 1. The molecule has 0 aromatic rings. The van der Waals surface area contributed by atoms with Gasteiger partial charge < -0.3 is 10.4 Å². The Morgan fingerprint density at radius 1 is 1.03 bits per heavy atom. The first-order valence-corrected chi connectivity index (χ1v) is 16.3. The second-order valence-corrected chi connectivity index (χ2v) is 14.5. The zero-order chi connectivity index (χ0) is 26.6. The van der Waals surface area contributed by atoms with Crippen LogP contribution in [-0.2, 0) is 4.79 Å². The summed E-state index contributed by atoms with van der Waals surface area (Å²) in [5.41, 5.74) is 2.46. The molecule has 0 heterocycles. The molecule has 9 atom stereocenters. The average Bonchev–Trinajstić information content (AvgIpc) is 3.21. The minimum atomic E-state index is -0.103. The van der Waals surface area contributed by atoms with E-state index >= 15 is 0 Å². The lowest BCUT2D eigenvalue weighted by Gasteiger charge is -2.58. The summed E-state index contributed by atoms with van der Waals surface area (Å²) in [5, 5.41) is 13.4. The van der Waals surface area contributed by atoms with Crippen LogP contribution in [0.3, 0.4) is 0 Å². The molecule has 37 heavy (non-hydrogen) atoms. The Bertz CT molecular complexity index is 791. The van der Waals surface area contributed by atoms with Gasteiger partial charge in [-0.3, -0.25) is 4.79 Å². The van der Waals surface area contributed by atoms with Gasteiger partial charge in [-0.2, -0.15) is 0 Å². The van der Waals surface area contributed by atoms with Gasteiger partial charge in [-0.05, 0) is 104 Å². The third kappa shape index (κ3) is 6.33. The largest absolute Gasteiger partial charge is 0.393 e. The van der Waals surface area contributed by atoms with E-state index in [-0.39, 0.29) is 12.0 Å². The number of fused-ring (bicyclic) bond motifs is 5. The molecule has 4 rings (SSSR count). The van der Waals surface area contributed by atoms with Gasteiger partial charge in [0.05, 0.1) is 6.10 Å². The predicted molar refractivity (Wildman–Crippen MR) is 155 cm³/mol. The van der Waals surface area contributed by atoms with Crippen molar-refractivity contribution in [2.75, 3.05) is 6.54 Å². The topological polar surface area (TPSA) is 49.3 Å². The van der Waals surface area contributed by atoms with Crippen LogP contribution in [0, 0.1) is 46.3 Å². The Morgan fingerprint density at radius 3 is 2.62 bits per heavy atom. The normalized spacial score (nSPS) is 38.6. The van der Waals surface area contributed by atoms with Crippen molar-refractivity contribution >= 4 is 5.91 Å². The summed E-state index contributed by atoms with van der Waals surface area (Å²) in [7, 11) is 0. The number of carbonyl (C=O) groups is 1. The number of nitrogens with one attached hydrogen (secondary N) is 1. The van der Waals surface area contributed by atoms with Crippen LogP contribution < -0.4 is 5.32 Å². The van der Waals surface area contributed by atoms with Gasteiger partial charge in [0.25, 0.3) is 0 Å². The van der Waals surface area contributed by atoms with Crippen LogP contribution in [0.25, 0.3) is 0 Å². The Morgan fingerprint density at radius 2 is 1.84 bits per heavy atom. The summed E-state index contributed by atoms with van der Waals surface area (Å²) >= 11 is 0. The fourth-order valence-electron chi connectivity index (χ4n) is 9.88. The maximum absolute atomic E-state index is 12.3. The Hall–Kier alpha value is -0.830. The van der Waals surface area contributed by atoms with Crippen molar-refractivity contribution in [2.45, 2.75) is 143 Å². The van der Waals surface area contributed by atoms with Crippen LogP contribution in [0.5, 0.6) is 0 Å². The molecule has 3 saturated carbocycles. The molecule has 0 radical (unpaired) electrons. The van der Waals surface area contributed by atoms with Crippen LogP contribution in [0.1, 0.15) is 137 Å². The molecule has 3 nitrogen and oxygen atoms in total. The summed E-state index contributed by atoms with van der Waals surface area (Å²) in [4.78, 5) is 12.3. The van der Waals surface area contributed by atoms with Crippen molar-refractivity contribution in [2.24, 2.45) is 46.3 Å². The van der Waals surface area contributed by atoms with Crippen molar-refractivity contribution in [3.8, 4) is 0 Å². The van der Waals surface area contributed by atoms with E-state index in [0.29, 0.717) is 23.2 Å². The fourth-order valence-corrected chi connectivity index (χ4v) is 9.88. The van der Waals surface area contributed by atoms with E-state index in [4.69, 9.17) is 0 Å². The number of rotatable bonds is 12. The molecule has 212 valence electrons. The zero-order valence-corrected chi connectivity index (χ0v) is 25.0. The number of aliphatic hydroxyl groups excluding tert-OH is 1. The summed E-state index contributed by atoms with van der Waals surface area (Å²) < 4.78 is 0. The number of amides is 1. The van der Waals surface area contributed by atoms with Crippen LogP contribution >= 0.6 is 0 Å². The third-order valence-corrected chi connectivity index (χ3v) is 12.1. The van der Waals surface area contributed by atoms with E-state index in [1.807, 2.05) is 0 Å². The molecule has 0 aromatic heterocycles. The molecule has 1 amide bonds. The quantitative estimate of drug-likeness (QED) is 0.203. The molecule has 0 saturated heterocycles. The van der Waals surface area contributed by atoms with Crippen LogP contribution in [-0.4, -0.2) is 23.7 Å². The standard InChI is InChI=1S/C34H59NO2/c1-6-7-8-9-21-35-32(37)22-24(2)11-10-12-25(3)29-15-16-30-28-14-13-26-23-27(36)17-19-33(26,4)31(28)18-20-34(29,30)5/h13,24-25,27-31,36H,6-12,14-23H2,1-5H3,(H,35,37)/t24?,25-,27+,28+,29-,30+,31+,33+,34-/m1/s1. The van der Waals surface area contributed by atoms with Crippen molar-refractivity contribution in [1.29, 1.82) is 0 Å². The molecule has 3 fully saturated rings. The Labute approximate surface area is 229 Å². The second-order valence-electron chi connectivity index (χ2n) is 14.5. The molecular formula is C34H59NO2. The highest BCUT2D eigenvalue weighted by Crippen LogP contribution is 2.67. The van der Waals surface area contributed by atoms with Gasteiger partial charge in [-0.15, -0.1) is 0 Å². The molecule has 3 heteroatoms. The predicted octanol–water partition coefficient (Wildman–Crippen LogP) is 8.46. The summed E-state index contributed by atoms with van der Waals surface area (Å²) in [5.74, 6) is 4.99. The van der Waals surface area contributed by atoms with Crippen molar-refractivity contribution in [1.82, 2.24) is 5.32 Å². The highest BCUT2D eigenvalue weighted by atomic mass is 16.3. The Balaban J connectivity index is 1.24. The van der Waals surface area contributed by atoms with E-state index in [1.54, 1.807) is 5.57 Å². The zero-order valence-electron chi connectivity index (χ0n) is 25.0. The molecule has 0 aromatic carbocycles. The van der Waals surface area contributed by atoms with Crippen LogP contribution in [0.2, 0.25) is 0 Å². The molecule has 0 bridgehead atoms. The maximum Gasteiger partial charge on any atom is 0.220 e. The van der Waals surface area contributed by atoms with Crippen LogP contribution in [0.15, 0.2) is 11.6 Å². The lowest BCUT2D eigenvalue weighted by molar-refractivity contribution is -0.121. The van der Waals surface area contributed by atoms with Crippen molar-refractivity contribution in [3.05, 3.63) is 11.6 Å². The maximum atomic E-state index is 12.3. The number of allylic oxidation sites excluding steroid dienone is 1.